The smallest absolute Gasteiger partial charge is 0.416 e. The summed E-state index contributed by atoms with van der Waals surface area (Å²) in [6, 6.07) is 15.8. The van der Waals surface area contributed by atoms with E-state index in [4.69, 9.17) is 0 Å². The number of carboxylic acid groups (broad SMARTS) is 1. The van der Waals surface area contributed by atoms with Crippen molar-refractivity contribution in [3.63, 3.8) is 0 Å². The van der Waals surface area contributed by atoms with Crippen LogP contribution in [0.3, 0.4) is 0 Å². The van der Waals surface area contributed by atoms with Crippen LogP contribution in [0, 0.1) is 0 Å². The van der Waals surface area contributed by atoms with Crippen LogP contribution in [0.25, 0.3) is 16.8 Å². The van der Waals surface area contributed by atoms with Crippen molar-refractivity contribution in [2.45, 2.75) is 37.8 Å². The lowest BCUT2D eigenvalue weighted by Gasteiger charge is -2.30. The maximum Gasteiger partial charge on any atom is 0.416 e. The molecule has 8 heteroatoms. The quantitative estimate of drug-likeness (QED) is 0.385. The summed E-state index contributed by atoms with van der Waals surface area (Å²) in [5.74, 6) is -0.965. The summed E-state index contributed by atoms with van der Waals surface area (Å²) in [6.07, 6.45) is -0.106. The van der Waals surface area contributed by atoms with Crippen LogP contribution < -0.4 is 0 Å². The highest BCUT2D eigenvalue weighted by Gasteiger charge is 2.42. The molecule has 170 valence electrons. The molecule has 0 aliphatic heterocycles. The Kier molecular flexibility index (Phi) is 5.93. The van der Waals surface area contributed by atoms with Crippen LogP contribution in [0.2, 0.25) is 0 Å². The summed E-state index contributed by atoms with van der Waals surface area (Å²) in [5.41, 5.74) is 0.801. The molecule has 5 nitrogen and oxygen atoms in total. The van der Waals surface area contributed by atoms with E-state index in [1.54, 1.807) is 6.07 Å². The number of nitrogens with zero attached hydrogens (tertiary/aromatic N) is 3. The Balaban J connectivity index is 1.85. The van der Waals surface area contributed by atoms with Crippen molar-refractivity contribution in [1.29, 1.82) is 0 Å². The Morgan fingerprint density at radius 3 is 2.33 bits per heavy atom. The molecule has 0 radical (unpaired) electrons. The monoisotopic (exact) mass is 453 g/mol. The predicted molar refractivity (Wildman–Crippen MR) is 118 cm³/mol. The first kappa shape index (κ1) is 22.5. The van der Waals surface area contributed by atoms with E-state index in [1.807, 2.05) is 37.3 Å². The molecular formula is C25H22F3N3O2. The fourth-order valence-electron chi connectivity index (χ4n) is 4.27. The minimum absolute atomic E-state index is 0.269. The zero-order valence-electron chi connectivity index (χ0n) is 17.9. The summed E-state index contributed by atoms with van der Waals surface area (Å²) in [4.78, 5) is 17.1. The zero-order chi connectivity index (χ0) is 23.6. The molecule has 0 amide bonds. The van der Waals surface area contributed by atoms with Crippen LogP contribution in [0.15, 0.2) is 73.1 Å². The second kappa shape index (κ2) is 8.69. The molecule has 0 spiro atoms. The van der Waals surface area contributed by atoms with Crippen LogP contribution in [0.4, 0.5) is 13.2 Å². The normalized spacial score (nSPS) is 13.7. The molecule has 4 rings (SSSR count). The Labute approximate surface area is 188 Å². The van der Waals surface area contributed by atoms with E-state index < -0.39 is 23.1 Å². The molecule has 0 aliphatic carbocycles. The van der Waals surface area contributed by atoms with Gasteiger partial charge in [-0.1, -0.05) is 55.8 Å². The van der Waals surface area contributed by atoms with Crippen molar-refractivity contribution in [2.24, 2.45) is 0 Å². The van der Waals surface area contributed by atoms with Crippen molar-refractivity contribution in [3.05, 3.63) is 89.9 Å². The molecule has 2 aromatic heterocycles. The SMILES string of the molecule is CCC[C@@](Cc1ccccc1)(C(=O)O)c1ccnc2c(-c3ccc(C(F)(F)F)cc3)cnn12. The molecule has 0 fully saturated rings. The average molecular weight is 453 g/mol. The molecule has 0 saturated heterocycles. The lowest BCUT2D eigenvalue weighted by atomic mass is 9.75. The van der Waals surface area contributed by atoms with Crippen LogP contribution in [0.1, 0.15) is 36.6 Å². The molecule has 2 aromatic carbocycles. The summed E-state index contributed by atoms with van der Waals surface area (Å²) in [6.45, 7) is 1.93. The maximum absolute atomic E-state index is 12.9. The standard InChI is InChI=1S/C25H22F3N3O2/c1-2-13-24(23(32)33,15-17-6-4-3-5-7-17)21-12-14-29-22-20(16-30-31(21)22)18-8-10-19(11-9-18)25(26,27)28/h3-12,14,16H,2,13,15H2,1H3,(H,32,33)/t24-/m0/s1. The number of carboxylic acids is 1. The molecule has 0 saturated carbocycles. The minimum Gasteiger partial charge on any atom is -0.481 e. The number of hydrogen-bond acceptors (Lipinski definition) is 3. The first-order chi connectivity index (χ1) is 15.8. The van der Waals surface area contributed by atoms with Gasteiger partial charge in [0.1, 0.15) is 5.41 Å². The molecule has 1 atom stereocenters. The van der Waals surface area contributed by atoms with Crippen LogP contribution in [-0.4, -0.2) is 25.7 Å². The van der Waals surface area contributed by atoms with Crippen molar-refractivity contribution in [3.8, 4) is 11.1 Å². The number of benzene rings is 2. The Bertz CT molecular complexity index is 1270. The van der Waals surface area contributed by atoms with E-state index in [0.717, 1.165) is 17.7 Å². The Morgan fingerprint density at radius 1 is 1.03 bits per heavy atom. The lowest BCUT2D eigenvalue weighted by Crippen LogP contribution is -2.40. The molecule has 0 bridgehead atoms. The van der Waals surface area contributed by atoms with E-state index in [-0.39, 0.29) is 6.42 Å². The molecular weight excluding hydrogens is 431 g/mol. The number of rotatable bonds is 7. The molecule has 0 aliphatic rings. The fourth-order valence-corrected chi connectivity index (χ4v) is 4.27. The van der Waals surface area contributed by atoms with E-state index in [0.29, 0.717) is 35.3 Å². The van der Waals surface area contributed by atoms with Crippen LogP contribution in [-0.2, 0) is 22.8 Å². The van der Waals surface area contributed by atoms with Gasteiger partial charge in [-0.05, 0) is 42.2 Å². The second-order valence-electron chi connectivity index (χ2n) is 8.00. The first-order valence-electron chi connectivity index (χ1n) is 10.5. The van der Waals surface area contributed by atoms with Gasteiger partial charge in [-0.25, -0.2) is 9.50 Å². The van der Waals surface area contributed by atoms with Crippen molar-refractivity contribution < 1.29 is 23.1 Å². The number of fused-ring (bicyclic) bond motifs is 1. The van der Waals surface area contributed by atoms with Crippen LogP contribution >= 0.6 is 0 Å². The number of carbonyl (C=O) groups is 1. The highest BCUT2D eigenvalue weighted by Crippen LogP contribution is 2.36. The van der Waals surface area contributed by atoms with Crippen molar-refractivity contribution in [1.82, 2.24) is 14.6 Å². The number of aromatic nitrogens is 3. The number of aliphatic carboxylic acids is 1. The number of halogens is 3. The van der Waals surface area contributed by atoms with Gasteiger partial charge < -0.3 is 5.11 Å². The van der Waals surface area contributed by atoms with Gasteiger partial charge in [-0.2, -0.15) is 18.3 Å². The van der Waals surface area contributed by atoms with Gasteiger partial charge >= 0.3 is 12.1 Å². The lowest BCUT2D eigenvalue weighted by molar-refractivity contribution is -0.144. The molecule has 4 aromatic rings. The second-order valence-corrected chi connectivity index (χ2v) is 8.00. The van der Waals surface area contributed by atoms with Crippen molar-refractivity contribution >= 4 is 11.6 Å². The van der Waals surface area contributed by atoms with E-state index in [9.17, 15) is 23.1 Å². The summed E-state index contributed by atoms with van der Waals surface area (Å²) in [5, 5.41) is 14.8. The topological polar surface area (TPSA) is 67.5 Å². The summed E-state index contributed by atoms with van der Waals surface area (Å²) < 4.78 is 40.3. The fraction of sp³-hybridized carbons (Fsp3) is 0.240. The molecule has 0 unspecified atom stereocenters. The highest BCUT2D eigenvalue weighted by molar-refractivity contribution is 5.83. The zero-order valence-corrected chi connectivity index (χ0v) is 17.9. The molecule has 2 heterocycles. The summed E-state index contributed by atoms with van der Waals surface area (Å²) >= 11 is 0. The third-order valence-electron chi connectivity index (χ3n) is 5.85. The van der Waals surface area contributed by atoms with E-state index in [1.165, 1.54) is 29.0 Å². The third kappa shape index (κ3) is 4.20. The van der Waals surface area contributed by atoms with Gasteiger partial charge in [-0.15, -0.1) is 0 Å². The first-order valence-corrected chi connectivity index (χ1v) is 10.5. The van der Waals surface area contributed by atoms with E-state index >= 15 is 0 Å². The van der Waals surface area contributed by atoms with E-state index in [2.05, 4.69) is 10.1 Å². The highest BCUT2D eigenvalue weighted by atomic mass is 19.4. The Hall–Kier alpha value is -3.68. The minimum atomic E-state index is -4.43. The number of hydrogen-bond donors (Lipinski definition) is 1. The van der Waals surface area contributed by atoms with Gasteiger partial charge in [0.15, 0.2) is 5.65 Å². The Morgan fingerprint density at radius 2 is 1.73 bits per heavy atom. The third-order valence-corrected chi connectivity index (χ3v) is 5.85. The van der Waals surface area contributed by atoms with Gasteiger partial charge in [0, 0.05) is 11.8 Å². The van der Waals surface area contributed by atoms with Gasteiger partial charge in [0.05, 0.1) is 17.5 Å². The number of alkyl halides is 3. The maximum atomic E-state index is 12.9. The predicted octanol–water partition coefficient (Wildman–Crippen LogP) is 5.78. The average Bonchev–Trinajstić information content (AvgIpc) is 3.23. The molecule has 33 heavy (non-hydrogen) atoms. The summed E-state index contributed by atoms with van der Waals surface area (Å²) in [7, 11) is 0. The van der Waals surface area contributed by atoms with Crippen LogP contribution in [0.5, 0.6) is 0 Å². The van der Waals surface area contributed by atoms with Gasteiger partial charge in [-0.3, -0.25) is 4.79 Å². The van der Waals surface area contributed by atoms with Gasteiger partial charge in [0.25, 0.3) is 0 Å². The molecule has 1 N–H and O–H groups in total. The largest absolute Gasteiger partial charge is 0.481 e. The van der Waals surface area contributed by atoms with Gasteiger partial charge in [0.2, 0.25) is 0 Å². The van der Waals surface area contributed by atoms with Crippen molar-refractivity contribution in [2.75, 3.05) is 0 Å².